The van der Waals surface area contributed by atoms with Gasteiger partial charge in [-0.3, -0.25) is 9.59 Å². The van der Waals surface area contributed by atoms with E-state index in [1.165, 1.54) is 37.6 Å². The summed E-state index contributed by atoms with van der Waals surface area (Å²) in [6.07, 6.45) is -0.310. The molecule has 4 rings (SSSR count). The van der Waals surface area contributed by atoms with E-state index in [2.05, 4.69) is 30.4 Å². The van der Waals surface area contributed by atoms with Gasteiger partial charge in [0.25, 0.3) is 5.91 Å². The molecule has 0 saturated carbocycles. The minimum absolute atomic E-state index is 0.00576. The van der Waals surface area contributed by atoms with Crippen LogP contribution in [0.1, 0.15) is 57.1 Å². The molecule has 0 aliphatic rings. The molecule has 36 heavy (non-hydrogen) atoms. The van der Waals surface area contributed by atoms with E-state index in [0.29, 0.717) is 11.5 Å². The van der Waals surface area contributed by atoms with Crippen LogP contribution in [-0.4, -0.2) is 36.8 Å². The van der Waals surface area contributed by atoms with Gasteiger partial charge in [0.1, 0.15) is 17.7 Å². The molecule has 0 spiro atoms. The number of halogens is 4. The zero-order valence-electron chi connectivity index (χ0n) is 18.9. The Kier molecular flexibility index (Phi) is 6.88. The third-order valence-corrected chi connectivity index (χ3v) is 5.68. The number of benzene rings is 1. The molecule has 1 aromatic carbocycles. The molecule has 0 aliphatic carbocycles. The van der Waals surface area contributed by atoms with Crippen molar-refractivity contribution >= 4 is 29.0 Å². The number of hydrogen-bond donors (Lipinski definition) is 2. The summed E-state index contributed by atoms with van der Waals surface area (Å²) >= 11 is 6.33. The van der Waals surface area contributed by atoms with Crippen molar-refractivity contribution in [2.24, 2.45) is 0 Å². The predicted molar refractivity (Wildman–Crippen MR) is 123 cm³/mol. The lowest BCUT2D eigenvalue weighted by Gasteiger charge is -2.12. The second-order valence-electron chi connectivity index (χ2n) is 7.95. The van der Waals surface area contributed by atoms with Gasteiger partial charge in [0.15, 0.2) is 11.6 Å². The highest BCUT2D eigenvalue weighted by atomic mass is 35.5. The van der Waals surface area contributed by atoms with E-state index in [4.69, 9.17) is 16.1 Å². The lowest BCUT2D eigenvalue weighted by molar-refractivity contribution is -0.138. The Morgan fingerprint density at radius 2 is 1.97 bits per heavy atom. The summed E-state index contributed by atoms with van der Waals surface area (Å²) in [5.74, 6) is -1.51. The first kappa shape index (κ1) is 25.0. The fraction of sp³-hybridized carbons (Fsp3) is 0.217. The van der Waals surface area contributed by atoms with Crippen LogP contribution in [0.4, 0.5) is 18.9 Å². The van der Waals surface area contributed by atoms with Crippen LogP contribution in [0.25, 0.3) is 11.5 Å². The van der Waals surface area contributed by atoms with Crippen LogP contribution < -0.4 is 5.32 Å². The highest BCUT2D eigenvalue weighted by Crippen LogP contribution is 2.34. The number of alkyl halides is 3. The molecule has 0 aliphatic heterocycles. The number of carbonyl (C=O) groups is 2. The highest BCUT2D eigenvalue weighted by molar-refractivity contribution is 6.35. The van der Waals surface area contributed by atoms with Crippen LogP contribution in [-0.2, 0) is 6.18 Å². The van der Waals surface area contributed by atoms with E-state index < -0.39 is 29.3 Å². The van der Waals surface area contributed by atoms with Crippen molar-refractivity contribution in [3.05, 3.63) is 76.3 Å². The first-order chi connectivity index (χ1) is 17.0. The Morgan fingerprint density at radius 1 is 1.19 bits per heavy atom. The summed E-state index contributed by atoms with van der Waals surface area (Å²) in [6.45, 7) is 3.02. The monoisotopic (exact) mass is 518 g/mol. The van der Waals surface area contributed by atoms with Crippen molar-refractivity contribution in [1.29, 1.82) is 0 Å². The number of ketones is 1. The number of hydrogen-bond acceptors (Lipinski definition) is 7. The highest BCUT2D eigenvalue weighted by Gasteiger charge is 2.32. The molecule has 0 unspecified atom stereocenters. The molecular formula is C23H18ClF3N6O3. The first-order valence-corrected chi connectivity index (χ1v) is 10.9. The van der Waals surface area contributed by atoms with Crippen LogP contribution in [0.15, 0.2) is 47.5 Å². The molecule has 0 radical (unpaired) electrons. The number of aryl methyl sites for hydroxylation is 1. The number of rotatable bonds is 7. The number of nitrogens with zero attached hydrogens (tertiary/aromatic N) is 4. The summed E-state index contributed by atoms with van der Waals surface area (Å²) < 4.78 is 44.5. The van der Waals surface area contributed by atoms with Gasteiger partial charge in [0.05, 0.1) is 16.3 Å². The molecule has 4 aromatic rings. The number of imidazole rings is 1. The Hall–Kier alpha value is -4.06. The van der Waals surface area contributed by atoms with Crippen molar-refractivity contribution in [1.82, 2.24) is 25.1 Å². The number of amides is 1. The minimum Gasteiger partial charge on any atom is -0.351 e. The average Bonchev–Trinajstić information content (AvgIpc) is 3.52. The van der Waals surface area contributed by atoms with E-state index in [-0.39, 0.29) is 39.8 Å². The average molecular weight is 519 g/mol. The Bertz CT molecular complexity index is 1420. The van der Waals surface area contributed by atoms with Crippen molar-refractivity contribution in [3.63, 3.8) is 0 Å². The van der Waals surface area contributed by atoms with Gasteiger partial charge in [0, 0.05) is 36.5 Å². The Labute approximate surface area is 207 Å². The van der Waals surface area contributed by atoms with Crippen LogP contribution in [0.5, 0.6) is 0 Å². The fourth-order valence-electron chi connectivity index (χ4n) is 3.43. The van der Waals surface area contributed by atoms with Gasteiger partial charge in [-0.25, -0.2) is 15.0 Å². The van der Waals surface area contributed by atoms with Gasteiger partial charge in [-0.2, -0.15) is 13.2 Å². The summed E-state index contributed by atoms with van der Waals surface area (Å²) in [5, 5.41) is 6.23. The lowest BCUT2D eigenvalue weighted by Crippen LogP contribution is -2.13. The quantitative estimate of drug-likeness (QED) is 0.311. The second-order valence-corrected chi connectivity index (χ2v) is 8.33. The van der Waals surface area contributed by atoms with E-state index in [0.717, 1.165) is 6.07 Å². The Balaban J connectivity index is 1.45. The van der Waals surface area contributed by atoms with Crippen LogP contribution in [0.2, 0.25) is 5.02 Å². The van der Waals surface area contributed by atoms with Crippen molar-refractivity contribution in [2.75, 3.05) is 5.32 Å². The summed E-state index contributed by atoms with van der Waals surface area (Å²) in [6, 6.07) is 4.77. The van der Waals surface area contributed by atoms with Crippen LogP contribution in [0, 0.1) is 6.92 Å². The SMILES string of the molecule is Cc1ccc(NC(=O)c2cc([C@H](C)CC(=O)c3ncnc(-c4ncc[nH]4)c3Cl)no2)cc1C(F)(F)F. The normalized spacial score (nSPS) is 12.4. The molecule has 9 nitrogen and oxygen atoms in total. The number of H-pyrrole nitrogens is 1. The topological polar surface area (TPSA) is 127 Å². The molecule has 1 atom stereocenters. The summed E-state index contributed by atoms with van der Waals surface area (Å²) in [7, 11) is 0. The maximum Gasteiger partial charge on any atom is 0.416 e. The maximum absolute atomic E-state index is 13.1. The number of Topliss-reactive ketones (excluding diaryl/α,β-unsaturated/α-hetero) is 1. The number of anilines is 1. The zero-order valence-corrected chi connectivity index (χ0v) is 19.6. The number of aromatic nitrogens is 5. The molecule has 0 saturated heterocycles. The largest absolute Gasteiger partial charge is 0.416 e. The smallest absolute Gasteiger partial charge is 0.351 e. The summed E-state index contributed by atoms with van der Waals surface area (Å²) in [4.78, 5) is 40.3. The molecule has 3 heterocycles. The Morgan fingerprint density at radius 3 is 2.67 bits per heavy atom. The molecule has 2 N–H and O–H groups in total. The third-order valence-electron chi connectivity index (χ3n) is 5.33. The van der Waals surface area contributed by atoms with Gasteiger partial charge >= 0.3 is 6.18 Å². The summed E-state index contributed by atoms with van der Waals surface area (Å²) in [5.41, 5.74) is -0.302. The third kappa shape index (κ3) is 5.28. The van der Waals surface area contributed by atoms with Crippen molar-refractivity contribution < 1.29 is 27.3 Å². The van der Waals surface area contributed by atoms with Gasteiger partial charge in [-0.05, 0) is 24.6 Å². The van der Waals surface area contributed by atoms with E-state index >= 15 is 0 Å². The van der Waals surface area contributed by atoms with Gasteiger partial charge in [0.2, 0.25) is 5.76 Å². The number of aromatic amines is 1. The van der Waals surface area contributed by atoms with Gasteiger partial charge < -0.3 is 14.8 Å². The van der Waals surface area contributed by atoms with Crippen molar-refractivity contribution in [3.8, 4) is 11.5 Å². The predicted octanol–water partition coefficient (Wildman–Crippen LogP) is 5.46. The maximum atomic E-state index is 13.1. The van der Waals surface area contributed by atoms with E-state index in [9.17, 15) is 22.8 Å². The fourth-order valence-corrected chi connectivity index (χ4v) is 3.72. The minimum atomic E-state index is -4.56. The lowest BCUT2D eigenvalue weighted by atomic mass is 9.99. The van der Waals surface area contributed by atoms with Gasteiger partial charge in [-0.15, -0.1) is 0 Å². The molecule has 0 bridgehead atoms. The molecule has 13 heteroatoms. The number of nitrogens with one attached hydrogen (secondary N) is 2. The number of carbonyl (C=O) groups excluding carboxylic acids is 2. The molecule has 1 amide bonds. The molecule has 186 valence electrons. The van der Waals surface area contributed by atoms with Crippen LogP contribution >= 0.6 is 11.6 Å². The van der Waals surface area contributed by atoms with Gasteiger partial charge in [-0.1, -0.05) is 29.7 Å². The molecule has 3 aromatic heterocycles. The van der Waals surface area contributed by atoms with E-state index in [1.54, 1.807) is 13.1 Å². The van der Waals surface area contributed by atoms with E-state index in [1.807, 2.05) is 0 Å². The van der Waals surface area contributed by atoms with Crippen LogP contribution in [0.3, 0.4) is 0 Å². The molecular weight excluding hydrogens is 501 g/mol. The molecule has 0 fully saturated rings. The standard InChI is InChI=1S/C23H18ClF3N6O3/c1-11-3-4-13(8-14(11)23(25,26)27)32-22(35)17-9-15(33-36-17)12(2)7-16(34)19-18(24)20(31-10-30-19)21-28-5-6-29-21/h3-6,8-10,12H,7H2,1-2H3,(H,28,29)(H,32,35)/t12-/m1/s1. The second kappa shape index (κ2) is 9.90. The zero-order chi connectivity index (χ0) is 26.0. The first-order valence-electron chi connectivity index (χ1n) is 10.5. The van der Waals surface area contributed by atoms with Crippen molar-refractivity contribution in [2.45, 2.75) is 32.4 Å².